The van der Waals surface area contributed by atoms with Crippen molar-refractivity contribution in [2.75, 3.05) is 25.0 Å². The average molecular weight is 362 g/mol. The Morgan fingerprint density at radius 3 is 2.52 bits per heavy atom. The molecule has 1 aromatic rings. The van der Waals surface area contributed by atoms with E-state index in [9.17, 15) is 4.79 Å². The molecule has 0 unspecified atom stereocenters. The summed E-state index contributed by atoms with van der Waals surface area (Å²) in [4.78, 5) is 17.4. The first-order chi connectivity index (χ1) is 11.7. The lowest BCUT2D eigenvalue weighted by atomic mass is 9.61. The molecule has 0 saturated carbocycles. The number of piperidine rings is 1. The maximum Gasteiger partial charge on any atom is 0.221 e. The van der Waals surface area contributed by atoms with Gasteiger partial charge in [-0.3, -0.25) is 9.69 Å². The van der Waals surface area contributed by atoms with Crippen LogP contribution in [0.3, 0.4) is 0 Å². The van der Waals surface area contributed by atoms with Crippen molar-refractivity contribution in [3.8, 4) is 0 Å². The molecule has 2 rings (SSSR count). The fourth-order valence-electron chi connectivity index (χ4n) is 3.65. The Kier molecular flexibility index (Phi) is 6.13. The molecule has 1 aliphatic rings. The van der Waals surface area contributed by atoms with E-state index in [1.807, 2.05) is 18.2 Å². The van der Waals surface area contributed by atoms with Gasteiger partial charge in [0.15, 0.2) is 0 Å². The Bertz CT molecular complexity index is 664. The minimum absolute atomic E-state index is 0.104. The van der Waals surface area contributed by atoms with E-state index in [-0.39, 0.29) is 16.7 Å². The first kappa shape index (κ1) is 19.8. The maximum atomic E-state index is 11.3. The molecule has 0 aliphatic carbocycles. The molecule has 0 aromatic heterocycles. The number of halogens is 1. The van der Waals surface area contributed by atoms with Crippen LogP contribution in [0.5, 0.6) is 0 Å². The molecule has 1 aromatic carbocycles. The van der Waals surface area contributed by atoms with Gasteiger partial charge in [0.2, 0.25) is 12.5 Å². The van der Waals surface area contributed by atoms with Gasteiger partial charge in [0.05, 0.1) is 10.7 Å². The minimum atomic E-state index is -0.119. The maximum absolute atomic E-state index is 11.3. The van der Waals surface area contributed by atoms with Crippen molar-refractivity contribution in [1.29, 1.82) is 0 Å². The summed E-state index contributed by atoms with van der Waals surface area (Å²) in [6.07, 6.45) is 2.09. The lowest BCUT2D eigenvalue weighted by Gasteiger charge is -2.46. The van der Waals surface area contributed by atoms with Gasteiger partial charge in [-0.05, 0) is 49.0 Å². The Hall–Kier alpha value is -1.57. The molecule has 0 radical (unpaired) electrons. The number of likely N-dealkylation sites (tertiary alicyclic amines) is 1. The monoisotopic (exact) mass is 361 g/mol. The van der Waals surface area contributed by atoms with E-state index in [1.54, 1.807) is 0 Å². The van der Waals surface area contributed by atoms with Crippen molar-refractivity contribution in [2.24, 2.45) is 10.8 Å². The van der Waals surface area contributed by atoms with Crippen molar-refractivity contribution >= 4 is 23.2 Å². The van der Waals surface area contributed by atoms with Gasteiger partial charge < -0.3 is 10.2 Å². The van der Waals surface area contributed by atoms with Crippen LogP contribution in [0.4, 0.5) is 5.69 Å². The molecule has 1 amide bonds. The molecule has 1 aliphatic heterocycles. The van der Waals surface area contributed by atoms with Crippen molar-refractivity contribution in [2.45, 2.75) is 47.1 Å². The van der Waals surface area contributed by atoms with Crippen LogP contribution in [0.25, 0.3) is 4.85 Å². The summed E-state index contributed by atoms with van der Waals surface area (Å²) in [5, 5.41) is 3.33. The average Bonchev–Trinajstić information content (AvgIpc) is 2.51. The number of hydrogen-bond acceptors (Lipinski definition) is 2. The Morgan fingerprint density at radius 2 is 2.00 bits per heavy atom. The van der Waals surface area contributed by atoms with Gasteiger partial charge in [-0.15, -0.1) is 0 Å². The van der Waals surface area contributed by atoms with E-state index in [2.05, 4.69) is 35.8 Å². The molecule has 1 N–H and O–H groups in total. The van der Waals surface area contributed by atoms with E-state index in [0.29, 0.717) is 17.3 Å². The fourth-order valence-corrected chi connectivity index (χ4v) is 3.82. The smallest absolute Gasteiger partial charge is 0.221 e. The van der Waals surface area contributed by atoms with Crippen molar-refractivity contribution in [3.05, 3.63) is 40.2 Å². The molecule has 25 heavy (non-hydrogen) atoms. The largest absolute Gasteiger partial charge is 0.325 e. The van der Waals surface area contributed by atoms with E-state index >= 15 is 0 Å². The highest BCUT2D eigenvalue weighted by Crippen LogP contribution is 2.47. The molecule has 0 spiro atoms. The SMILES string of the molecule is [C-]#[N+]CC1(C(C)(C)C)CCN(Cc2ccc(Cl)c(NC(C)=O)c2)CC1. The van der Waals surface area contributed by atoms with Gasteiger partial charge in [-0.25, -0.2) is 6.57 Å². The van der Waals surface area contributed by atoms with E-state index in [4.69, 9.17) is 18.2 Å². The van der Waals surface area contributed by atoms with Crippen LogP contribution >= 0.6 is 11.6 Å². The van der Waals surface area contributed by atoms with Crippen molar-refractivity contribution in [3.63, 3.8) is 0 Å². The van der Waals surface area contributed by atoms with Gasteiger partial charge in [0.25, 0.3) is 0 Å². The molecule has 1 saturated heterocycles. The molecule has 1 heterocycles. The molecule has 136 valence electrons. The molecular formula is C20H28ClN3O. The van der Waals surface area contributed by atoms with Crippen LogP contribution < -0.4 is 5.32 Å². The zero-order chi connectivity index (χ0) is 18.7. The quantitative estimate of drug-likeness (QED) is 0.778. The van der Waals surface area contributed by atoms with E-state index < -0.39 is 0 Å². The van der Waals surface area contributed by atoms with Crippen LogP contribution in [0.2, 0.25) is 5.02 Å². The molecule has 0 bridgehead atoms. The second kappa shape index (κ2) is 7.76. The second-order valence-electron chi connectivity index (χ2n) is 8.12. The molecule has 5 heteroatoms. The van der Waals surface area contributed by atoms with Gasteiger partial charge in [0.1, 0.15) is 0 Å². The summed E-state index contributed by atoms with van der Waals surface area (Å²) < 4.78 is 0. The second-order valence-corrected chi connectivity index (χ2v) is 8.53. The first-order valence-electron chi connectivity index (χ1n) is 8.78. The third-order valence-electron chi connectivity index (χ3n) is 5.53. The Morgan fingerprint density at radius 1 is 1.36 bits per heavy atom. The van der Waals surface area contributed by atoms with Crippen LogP contribution in [0.15, 0.2) is 18.2 Å². The number of carbonyl (C=O) groups is 1. The summed E-state index contributed by atoms with van der Waals surface area (Å²) in [5.41, 5.74) is 2.05. The van der Waals surface area contributed by atoms with Crippen molar-refractivity contribution < 1.29 is 4.79 Å². The van der Waals surface area contributed by atoms with Crippen molar-refractivity contribution in [1.82, 2.24) is 4.90 Å². The molecular weight excluding hydrogens is 334 g/mol. The van der Waals surface area contributed by atoms with Crippen LogP contribution in [-0.4, -0.2) is 30.4 Å². The molecule has 1 fully saturated rings. The van der Waals surface area contributed by atoms with Gasteiger partial charge in [0, 0.05) is 18.9 Å². The normalized spacial score (nSPS) is 17.8. The number of benzene rings is 1. The Balaban J connectivity index is 2.05. The zero-order valence-electron chi connectivity index (χ0n) is 15.7. The van der Waals surface area contributed by atoms with Crippen LogP contribution in [-0.2, 0) is 11.3 Å². The summed E-state index contributed by atoms with van der Waals surface area (Å²) in [6.45, 7) is 19.0. The summed E-state index contributed by atoms with van der Waals surface area (Å²) in [7, 11) is 0. The standard InChI is InChI=1S/C20H28ClN3O/c1-15(25)23-18-12-16(6-7-17(18)21)13-24-10-8-20(9-11-24,14-22-5)19(2,3)4/h6-7,12H,8-11,13-14H2,1-4H3,(H,23,25). The highest BCUT2D eigenvalue weighted by Gasteiger charge is 2.46. The third-order valence-corrected chi connectivity index (χ3v) is 5.86. The summed E-state index contributed by atoms with van der Waals surface area (Å²) in [6, 6.07) is 5.80. The van der Waals surface area contributed by atoms with E-state index in [1.165, 1.54) is 6.92 Å². The third kappa shape index (κ3) is 4.74. The number of rotatable bonds is 4. The number of anilines is 1. The molecule has 4 nitrogen and oxygen atoms in total. The first-order valence-corrected chi connectivity index (χ1v) is 9.16. The van der Waals surface area contributed by atoms with Crippen LogP contribution in [0, 0.1) is 17.4 Å². The minimum Gasteiger partial charge on any atom is -0.325 e. The number of amides is 1. The predicted molar refractivity (Wildman–Crippen MR) is 104 cm³/mol. The lowest BCUT2D eigenvalue weighted by Crippen LogP contribution is -2.47. The van der Waals surface area contributed by atoms with Gasteiger partial charge in [-0.2, -0.15) is 0 Å². The topological polar surface area (TPSA) is 36.7 Å². The Labute approximate surface area is 156 Å². The zero-order valence-corrected chi connectivity index (χ0v) is 16.4. The molecule has 0 atom stereocenters. The van der Waals surface area contributed by atoms with Crippen LogP contribution in [0.1, 0.15) is 46.1 Å². The highest BCUT2D eigenvalue weighted by atomic mass is 35.5. The summed E-state index contributed by atoms with van der Waals surface area (Å²) in [5.74, 6) is -0.119. The number of carbonyl (C=O) groups excluding carboxylic acids is 1. The lowest BCUT2D eigenvalue weighted by molar-refractivity contribution is -0.114. The van der Waals surface area contributed by atoms with Gasteiger partial charge >= 0.3 is 0 Å². The predicted octanol–water partition coefficient (Wildman–Crippen LogP) is 4.85. The highest BCUT2D eigenvalue weighted by molar-refractivity contribution is 6.33. The number of nitrogens with one attached hydrogen (secondary N) is 1. The number of nitrogens with zero attached hydrogens (tertiary/aromatic N) is 2. The fraction of sp³-hybridized carbons (Fsp3) is 0.600. The number of hydrogen-bond donors (Lipinski definition) is 1. The van der Waals surface area contributed by atoms with Gasteiger partial charge in [-0.1, -0.05) is 38.4 Å². The summed E-state index contributed by atoms with van der Waals surface area (Å²) >= 11 is 6.15. The van der Waals surface area contributed by atoms with E-state index in [0.717, 1.165) is 38.0 Å².